The van der Waals surface area contributed by atoms with Crippen molar-refractivity contribution in [2.45, 2.75) is 115 Å². The number of thiophene rings is 1. The van der Waals surface area contributed by atoms with E-state index in [9.17, 15) is 63.6 Å². The summed E-state index contributed by atoms with van der Waals surface area (Å²) in [4.78, 5) is 118. The Labute approximate surface area is 466 Å². The average molecular weight is 1150 g/mol. The van der Waals surface area contributed by atoms with E-state index in [1.807, 2.05) is 0 Å². The molecule has 4 aromatic rings. The first-order valence-electron chi connectivity index (χ1n) is 25.8. The number of carbonyl (C=O) groups excluding carboxylic acids is 7. The third-order valence-corrected chi connectivity index (χ3v) is 14.1. The molecule has 2 aromatic heterocycles. The number of ketones is 1. The number of amides is 5. The molecule has 3 aliphatic rings. The molecule has 0 radical (unpaired) electrons. The number of pyridine rings is 1. The first-order chi connectivity index (χ1) is 38.8. The van der Waals surface area contributed by atoms with E-state index in [4.69, 9.17) is 38.3 Å². The van der Waals surface area contributed by atoms with Crippen molar-refractivity contribution in [2.24, 2.45) is 0 Å². The van der Waals surface area contributed by atoms with Gasteiger partial charge in [-0.3, -0.25) is 43.3 Å². The van der Waals surface area contributed by atoms with Gasteiger partial charge in [0.25, 0.3) is 17.7 Å². The highest BCUT2D eigenvalue weighted by molar-refractivity contribution is 7.20. The van der Waals surface area contributed by atoms with E-state index in [-0.39, 0.29) is 131 Å². The largest absolute Gasteiger partial charge is 0.493 e. The van der Waals surface area contributed by atoms with Crippen LogP contribution >= 0.6 is 11.3 Å². The Morgan fingerprint density at radius 1 is 0.741 bits per heavy atom. The number of carboxylic acids is 2. The van der Waals surface area contributed by atoms with Gasteiger partial charge in [0.15, 0.2) is 29.1 Å². The number of imide groups is 1. The highest BCUT2D eigenvalue weighted by Crippen LogP contribution is 2.38. The molecule has 7 rings (SSSR count). The first kappa shape index (κ1) is 60.4. The molecular formula is C54H61N5O21S. The molecule has 0 saturated carbocycles. The van der Waals surface area contributed by atoms with Crippen molar-refractivity contribution in [1.82, 2.24) is 20.1 Å². The summed E-state index contributed by atoms with van der Waals surface area (Å²) >= 11 is 1.24. The van der Waals surface area contributed by atoms with E-state index >= 15 is 0 Å². The predicted molar refractivity (Wildman–Crippen MR) is 281 cm³/mol. The van der Waals surface area contributed by atoms with Crippen LogP contribution in [0, 0.1) is 0 Å². The average Bonchev–Trinajstić information content (AvgIpc) is 4.17. The Hall–Kier alpha value is -8.24. The molecule has 1 saturated heterocycles. The standard InChI is InChI=1S/C54H61N5O21S/c1-74-36-25-39-30(24-40(81-39)34(60)9-14-46(66)67)22-37(36)76-19-6-20-77-52-38(75-2)23-31-26-58(27-33(31)57-52)43(63)13-15-47(68)78-28-29-8-10-35(79-54-50(71)48(69)49(70)51(80-54)53(72)73)32(21-29)56-42(62)16-17-55-41(61)7-4-3-5-18-59-44(64)11-12-45(59)65/h8,10-12,21-25,48-51,54,69-71H,3-7,9,13-20,26-28H2,1-2H3,(H,55,61)(H,56,62)(H,66,67)(H,72,73)/t48-,49-,50+,51-,54?/m0/s1. The molecule has 7 N–H and O–H groups in total. The molecule has 81 heavy (non-hydrogen) atoms. The van der Waals surface area contributed by atoms with Crippen LogP contribution in [0.4, 0.5) is 5.69 Å². The molecular weight excluding hydrogens is 1090 g/mol. The second kappa shape index (κ2) is 28.3. The monoisotopic (exact) mass is 1150 g/mol. The number of aliphatic carboxylic acids is 2. The number of carboxylic acid groups (broad SMARTS) is 2. The van der Waals surface area contributed by atoms with Crippen molar-refractivity contribution in [3.63, 3.8) is 0 Å². The third-order valence-electron chi connectivity index (χ3n) is 13.0. The number of carbonyl (C=O) groups is 9. The SMILES string of the molecule is COc1cc2sc(C(=O)CCC(=O)O)cc2cc1OCCCOc1nc2c(cc1OC)CN(C(=O)CCC(=O)OCc1ccc(OC3O[C@H](C(=O)O)[C@@H](O)[C@H](O)[C@H]3O)c(NC(=O)CCNC(=O)CCCCCN3C(=O)C=CC3=O)c1)C2. The number of unbranched alkanes of at least 4 members (excludes halogenated alkanes) is 2. The summed E-state index contributed by atoms with van der Waals surface area (Å²) in [5.74, 6) is -4.54. The summed E-state index contributed by atoms with van der Waals surface area (Å²) in [5.41, 5.74) is 1.53. The number of anilines is 1. The summed E-state index contributed by atoms with van der Waals surface area (Å²) in [6, 6.07) is 11.0. The number of ether oxygens (including phenoxy) is 7. The minimum atomic E-state index is -2.00. The lowest BCUT2D eigenvalue weighted by molar-refractivity contribution is -0.271. The molecule has 0 aliphatic carbocycles. The van der Waals surface area contributed by atoms with Crippen molar-refractivity contribution in [2.75, 3.05) is 45.8 Å². The minimum Gasteiger partial charge on any atom is -0.493 e. The van der Waals surface area contributed by atoms with Crippen molar-refractivity contribution in [3.05, 3.63) is 76.3 Å². The number of aromatic nitrogens is 1. The van der Waals surface area contributed by atoms with Gasteiger partial charge < -0.3 is 74.2 Å². The van der Waals surface area contributed by atoms with Crippen molar-refractivity contribution in [3.8, 4) is 28.9 Å². The van der Waals surface area contributed by atoms with Gasteiger partial charge in [-0.25, -0.2) is 9.78 Å². The zero-order chi connectivity index (χ0) is 58.3. The zero-order valence-corrected chi connectivity index (χ0v) is 44.9. The van der Waals surface area contributed by atoms with Crippen LogP contribution in [0.5, 0.6) is 28.9 Å². The molecule has 434 valence electrons. The Kier molecular flexibility index (Phi) is 21.1. The second-order valence-electron chi connectivity index (χ2n) is 18.8. The maximum Gasteiger partial charge on any atom is 0.335 e. The van der Waals surface area contributed by atoms with Gasteiger partial charge in [0.1, 0.15) is 30.7 Å². The highest BCUT2D eigenvalue weighted by Gasteiger charge is 2.48. The maximum atomic E-state index is 13.4. The van der Waals surface area contributed by atoms with E-state index < -0.39 is 54.5 Å². The van der Waals surface area contributed by atoms with Gasteiger partial charge in [-0.05, 0) is 59.7 Å². The number of nitrogens with one attached hydrogen (secondary N) is 2. The second-order valence-corrected chi connectivity index (χ2v) is 19.9. The lowest BCUT2D eigenvalue weighted by Gasteiger charge is -2.38. The number of esters is 1. The number of methoxy groups -OCH3 is 2. The van der Waals surface area contributed by atoms with Gasteiger partial charge in [0.05, 0.1) is 63.1 Å². The van der Waals surface area contributed by atoms with Crippen LogP contribution in [0.1, 0.15) is 90.7 Å². The van der Waals surface area contributed by atoms with Gasteiger partial charge in [0.2, 0.25) is 24.0 Å². The molecule has 26 nitrogen and oxygen atoms in total. The Bertz CT molecular complexity index is 3040. The molecule has 1 unspecified atom stereocenters. The van der Waals surface area contributed by atoms with E-state index in [2.05, 4.69) is 15.6 Å². The van der Waals surface area contributed by atoms with Crippen LogP contribution in [0.25, 0.3) is 10.1 Å². The highest BCUT2D eigenvalue weighted by atomic mass is 32.1. The Morgan fingerprint density at radius 2 is 1.49 bits per heavy atom. The van der Waals surface area contributed by atoms with Crippen molar-refractivity contribution in [1.29, 1.82) is 0 Å². The third kappa shape index (κ3) is 16.2. The topological polar surface area (TPSA) is 363 Å². The molecule has 0 bridgehead atoms. The van der Waals surface area contributed by atoms with Crippen molar-refractivity contribution >= 4 is 80.3 Å². The number of fused-ring (bicyclic) bond motifs is 2. The number of nitrogens with zero attached hydrogens (tertiary/aromatic N) is 3. The number of rotatable bonds is 30. The number of aliphatic hydroxyl groups excluding tert-OH is 3. The molecule has 5 atom stereocenters. The smallest absolute Gasteiger partial charge is 0.335 e. The molecule has 5 amide bonds. The van der Waals surface area contributed by atoms with Gasteiger partial charge >= 0.3 is 17.9 Å². The van der Waals surface area contributed by atoms with Crippen LogP contribution < -0.4 is 34.3 Å². The number of aliphatic hydroxyl groups is 3. The number of Topliss-reactive ketones (excluding diaryl/α,β-unsaturated/α-hetero) is 1. The first-order valence-corrected chi connectivity index (χ1v) is 26.6. The maximum absolute atomic E-state index is 13.4. The quantitative estimate of drug-likeness (QED) is 0.0171. The Balaban J connectivity index is 0.873. The molecule has 3 aliphatic heterocycles. The zero-order valence-electron chi connectivity index (χ0n) is 44.1. The lowest BCUT2D eigenvalue weighted by atomic mass is 9.99. The fourth-order valence-corrected chi connectivity index (χ4v) is 9.69. The number of benzene rings is 2. The van der Waals surface area contributed by atoms with Gasteiger partial charge in [-0.15, -0.1) is 11.3 Å². The molecule has 1 fully saturated rings. The summed E-state index contributed by atoms with van der Waals surface area (Å²) in [6.45, 7) is 0.519. The summed E-state index contributed by atoms with van der Waals surface area (Å²) < 4.78 is 40.2. The summed E-state index contributed by atoms with van der Waals surface area (Å²) in [5, 5.41) is 55.6. The normalized spacial score (nSPS) is 18.3. The van der Waals surface area contributed by atoms with Crippen LogP contribution in [0.3, 0.4) is 0 Å². The van der Waals surface area contributed by atoms with E-state index in [1.54, 1.807) is 24.3 Å². The van der Waals surface area contributed by atoms with Gasteiger partial charge in [-0.2, -0.15) is 0 Å². The summed E-state index contributed by atoms with van der Waals surface area (Å²) in [7, 11) is 2.95. The fourth-order valence-electron chi connectivity index (χ4n) is 8.65. The van der Waals surface area contributed by atoms with Crippen LogP contribution in [0.15, 0.2) is 54.6 Å². The molecule has 0 spiro atoms. The Morgan fingerprint density at radius 3 is 2.22 bits per heavy atom. The lowest BCUT2D eigenvalue weighted by Crippen LogP contribution is -2.61. The number of hydrogen-bond donors (Lipinski definition) is 7. The van der Waals surface area contributed by atoms with E-state index in [1.165, 1.54) is 60.8 Å². The number of hydrogen-bond acceptors (Lipinski definition) is 21. The van der Waals surface area contributed by atoms with Crippen LogP contribution in [-0.4, -0.2) is 165 Å². The predicted octanol–water partition coefficient (Wildman–Crippen LogP) is 2.78. The summed E-state index contributed by atoms with van der Waals surface area (Å²) in [6.07, 6.45) is -6.40. The van der Waals surface area contributed by atoms with Gasteiger partial charge in [0, 0.05) is 74.7 Å². The fraction of sp³-hybridized carbons (Fsp3) is 0.444. The van der Waals surface area contributed by atoms with Gasteiger partial charge in [-0.1, -0.05) is 12.5 Å². The minimum absolute atomic E-state index is 0.0703. The van der Waals surface area contributed by atoms with Crippen LogP contribution in [0.2, 0.25) is 0 Å². The van der Waals surface area contributed by atoms with E-state index in [0.717, 1.165) is 20.5 Å². The molecule has 2 aromatic carbocycles. The van der Waals surface area contributed by atoms with E-state index in [0.29, 0.717) is 59.1 Å². The van der Waals surface area contributed by atoms with Crippen LogP contribution in [-0.2, 0) is 67.5 Å². The van der Waals surface area contributed by atoms with Crippen molar-refractivity contribution < 1.29 is 102 Å². The molecule has 5 heterocycles. The molecule has 27 heteroatoms.